The molecule has 2 heterocycles. The number of hydrogen-bond acceptors (Lipinski definition) is 7. The second-order valence-electron chi connectivity index (χ2n) is 3.89. The van der Waals surface area contributed by atoms with E-state index in [0.29, 0.717) is 10.8 Å². The second kappa shape index (κ2) is 5.74. The molecule has 0 aliphatic heterocycles. The number of carboxylic acid groups (broad SMARTS) is 1. The highest BCUT2D eigenvalue weighted by Crippen LogP contribution is 2.15. The number of aromatic nitrogens is 5. The fraction of sp³-hybridized carbons (Fsp3) is 0.400. The quantitative estimate of drug-likeness (QED) is 0.815. The Bertz CT molecular complexity index is 649. The minimum atomic E-state index is -1.18. The molecule has 2 rings (SSSR count). The van der Waals surface area contributed by atoms with Gasteiger partial charge in [0.2, 0.25) is 11.0 Å². The third-order valence-electron chi connectivity index (χ3n) is 2.49. The molecule has 0 saturated heterocycles. The second-order valence-corrected chi connectivity index (χ2v) is 4.95. The summed E-state index contributed by atoms with van der Waals surface area (Å²) in [6, 6.07) is 0. The van der Waals surface area contributed by atoms with Crippen molar-refractivity contribution in [2.75, 3.05) is 5.32 Å². The van der Waals surface area contributed by atoms with Crippen molar-refractivity contribution in [2.45, 2.75) is 26.8 Å². The maximum absolute atomic E-state index is 11.8. The highest BCUT2D eigenvalue weighted by atomic mass is 32.1. The lowest BCUT2D eigenvalue weighted by atomic mass is 10.3. The molecule has 0 spiro atoms. The lowest BCUT2D eigenvalue weighted by Gasteiger charge is -2.02. The third kappa shape index (κ3) is 2.96. The van der Waals surface area contributed by atoms with E-state index in [9.17, 15) is 9.59 Å². The Kier molecular flexibility index (Phi) is 4.03. The minimum absolute atomic E-state index is 0.132. The van der Waals surface area contributed by atoms with Crippen LogP contribution in [0.25, 0.3) is 0 Å². The van der Waals surface area contributed by atoms with Crippen molar-refractivity contribution >= 4 is 28.3 Å². The molecule has 1 amide bonds. The zero-order valence-corrected chi connectivity index (χ0v) is 11.6. The van der Waals surface area contributed by atoms with Gasteiger partial charge in [-0.05, 0) is 13.3 Å². The number of aryl methyl sites for hydroxylation is 1. The van der Waals surface area contributed by atoms with Gasteiger partial charge in [-0.2, -0.15) is 0 Å². The Morgan fingerprint density at radius 2 is 2.10 bits per heavy atom. The van der Waals surface area contributed by atoms with Crippen molar-refractivity contribution in [1.29, 1.82) is 0 Å². The summed E-state index contributed by atoms with van der Waals surface area (Å²) >= 11 is 1.29. The van der Waals surface area contributed by atoms with E-state index < -0.39 is 5.97 Å². The Labute approximate surface area is 117 Å². The van der Waals surface area contributed by atoms with Crippen LogP contribution in [0.1, 0.15) is 28.1 Å². The molecule has 0 aromatic carbocycles. The Morgan fingerprint density at radius 1 is 1.35 bits per heavy atom. The van der Waals surface area contributed by atoms with Gasteiger partial charge in [0.05, 0.1) is 5.69 Å². The largest absolute Gasteiger partial charge is 0.476 e. The first-order valence-corrected chi connectivity index (χ1v) is 6.58. The van der Waals surface area contributed by atoms with Crippen molar-refractivity contribution < 1.29 is 14.7 Å². The predicted molar refractivity (Wildman–Crippen MR) is 69.6 cm³/mol. The summed E-state index contributed by atoms with van der Waals surface area (Å²) in [7, 11) is 0. The Hall–Kier alpha value is -2.36. The smallest absolute Gasteiger partial charge is 0.358 e. The van der Waals surface area contributed by atoms with Crippen LogP contribution >= 0.6 is 11.3 Å². The van der Waals surface area contributed by atoms with Crippen LogP contribution in [0, 0.1) is 6.92 Å². The summed E-state index contributed by atoms with van der Waals surface area (Å²) in [6.45, 7) is 3.35. The molecule has 0 saturated carbocycles. The van der Waals surface area contributed by atoms with Crippen LogP contribution in [0.15, 0.2) is 0 Å². The number of carbonyl (C=O) groups is 2. The normalized spacial score (nSPS) is 10.5. The topological polar surface area (TPSA) is 123 Å². The van der Waals surface area contributed by atoms with Crippen molar-refractivity contribution in [3.05, 3.63) is 16.4 Å². The Balaban J connectivity index is 2.03. The molecule has 0 radical (unpaired) electrons. The number of aromatic carboxylic acids is 1. The fourth-order valence-electron chi connectivity index (χ4n) is 1.45. The van der Waals surface area contributed by atoms with Crippen LogP contribution in [0.2, 0.25) is 0 Å². The molecule has 9 nitrogen and oxygen atoms in total. The molecule has 0 unspecified atom stereocenters. The van der Waals surface area contributed by atoms with E-state index >= 15 is 0 Å². The number of nitrogens with zero attached hydrogens (tertiary/aromatic N) is 5. The van der Waals surface area contributed by atoms with Crippen molar-refractivity contribution in [2.24, 2.45) is 0 Å². The van der Waals surface area contributed by atoms with Gasteiger partial charge in [0.25, 0.3) is 0 Å². The number of nitrogens with one attached hydrogen (secondary N) is 1. The summed E-state index contributed by atoms with van der Waals surface area (Å²) in [6.07, 6.45) is 0.748. The molecule has 106 valence electrons. The van der Waals surface area contributed by atoms with E-state index in [1.54, 1.807) is 0 Å². The number of hydrogen-bond donors (Lipinski definition) is 2. The Morgan fingerprint density at radius 3 is 2.65 bits per heavy atom. The molecule has 10 heteroatoms. The van der Waals surface area contributed by atoms with E-state index in [0.717, 1.165) is 11.4 Å². The zero-order chi connectivity index (χ0) is 14.7. The SMILES string of the molecule is CCc1nnc(NC(=O)Cn2nnc(C(=O)O)c2C)s1. The van der Waals surface area contributed by atoms with Gasteiger partial charge in [-0.1, -0.05) is 23.5 Å². The standard InChI is InChI=1S/C10H12N6O3S/c1-3-7-12-14-10(20-7)11-6(17)4-16-5(2)8(9(18)19)13-15-16/h3-4H2,1-2H3,(H,18,19)(H,11,14,17). The molecule has 2 aromatic heterocycles. The summed E-state index contributed by atoms with van der Waals surface area (Å²) in [5, 5.41) is 27.5. The summed E-state index contributed by atoms with van der Waals surface area (Å²) in [5.74, 6) is -1.54. The van der Waals surface area contributed by atoms with Crippen LogP contribution in [0.4, 0.5) is 5.13 Å². The van der Waals surface area contributed by atoms with Crippen molar-refractivity contribution in [1.82, 2.24) is 25.2 Å². The molecule has 0 aliphatic carbocycles. The number of rotatable bonds is 5. The third-order valence-corrected chi connectivity index (χ3v) is 3.48. The minimum Gasteiger partial charge on any atom is -0.476 e. The van der Waals surface area contributed by atoms with E-state index in [1.807, 2.05) is 6.92 Å². The lowest BCUT2D eigenvalue weighted by molar-refractivity contribution is -0.117. The van der Waals surface area contributed by atoms with Crippen LogP contribution < -0.4 is 5.32 Å². The van der Waals surface area contributed by atoms with Gasteiger partial charge in [0.1, 0.15) is 11.6 Å². The molecule has 2 N–H and O–H groups in total. The molecule has 0 aliphatic rings. The van der Waals surface area contributed by atoms with Crippen LogP contribution in [-0.2, 0) is 17.8 Å². The van der Waals surface area contributed by atoms with Crippen LogP contribution in [-0.4, -0.2) is 42.2 Å². The molecule has 20 heavy (non-hydrogen) atoms. The number of amides is 1. The van der Waals surface area contributed by atoms with Crippen molar-refractivity contribution in [3.8, 4) is 0 Å². The highest BCUT2D eigenvalue weighted by Gasteiger charge is 2.17. The predicted octanol–water partition coefficient (Wildman–Crippen LogP) is 0.337. The average molecular weight is 296 g/mol. The summed E-state index contributed by atoms with van der Waals surface area (Å²) < 4.78 is 1.22. The van der Waals surface area contributed by atoms with Gasteiger partial charge < -0.3 is 5.11 Å². The molecular weight excluding hydrogens is 284 g/mol. The average Bonchev–Trinajstić information content (AvgIpc) is 2.97. The maximum Gasteiger partial charge on any atom is 0.358 e. The molecule has 0 bridgehead atoms. The number of carboxylic acids is 1. The first-order valence-electron chi connectivity index (χ1n) is 5.76. The molecule has 0 atom stereocenters. The van der Waals surface area contributed by atoms with Crippen LogP contribution in [0.3, 0.4) is 0 Å². The van der Waals surface area contributed by atoms with Gasteiger partial charge in [-0.25, -0.2) is 9.48 Å². The first-order chi connectivity index (χ1) is 9.51. The van der Waals surface area contributed by atoms with Gasteiger partial charge in [-0.3, -0.25) is 10.1 Å². The number of anilines is 1. The molecular formula is C10H12N6O3S. The van der Waals surface area contributed by atoms with E-state index in [4.69, 9.17) is 5.11 Å². The van der Waals surface area contributed by atoms with Crippen LogP contribution in [0.5, 0.6) is 0 Å². The number of carbonyl (C=O) groups excluding carboxylic acids is 1. The van der Waals surface area contributed by atoms with Gasteiger partial charge in [-0.15, -0.1) is 15.3 Å². The summed E-state index contributed by atoms with van der Waals surface area (Å²) in [4.78, 5) is 22.6. The fourth-order valence-corrected chi connectivity index (χ4v) is 2.15. The van der Waals surface area contributed by atoms with E-state index in [-0.39, 0.29) is 18.1 Å². The lowest BCUT2D eigenvalue weighted by Crippen LogP contribution is -2.20. The first kappa shape index (κ1) is 14.1. The van der Waals surface area contributed by atoms with E-state index in [1.165, 1.54) is 22.9 Å². The van der Waals surface area contributed by atoms with Gasteiger partial charge in [0.15, 0.2) is 5.69 Å². The van der Waals surface area contributed by atoms with Gasteiger partial charge >= 0.3 is 5.97 Å². The van der Waals surface area contributed by atoms with Crippen molar-refractivity contribution in [3.63, 3.8) is 0 Å². The monoisotopic (exact) mass is 296 g/mol. The molecule has 2 aromatic rings. The van der Waals surface area contributed by atoms with E-state index in [2.05, 4.69) is 25.8 Å². The molecule has 0 fully saturated rings. The highest BCUT2D eigenvalue weighted by molar-refractivity contribution is 7.15. The van der Waals surface area contributed by atoms with Gasteiger partial charge in [0, 0.05) is 0 Å². The zero-order valence-electron chi connectivity index (χ0n) is 10.8. The summed E-state index contributed by atoms with van der Waals surface area (Å²) in [5.41, 5.74) is 0.154. The maximum atomic E-state index is 11.8.